The van der Waals surface area contributed by atoms with Gasteiger partial charge in [0.2, 0.25) is 5.91 Å². The van der Waals surface area contributed by atoms with Gasteiger partial charge in [-0.3, -0.25) is 4.79 Å². The lowest BCUT2D eigenvalue weighted by Crippen LogP contribution is -2.29. The van der Waals surface area contributed by atoms with Gasteiger partial charge in [0.05, 0.1) is 11.6 Å². The van der Waals surface area contributed by atoms with Crippen LogP contribution in [0.1, 0.15) is 24.0 Å². The van der Waals surface area contributed by atoms with E-state index in [0.717, 1.165) is 5.56 Å². The Bertz CT molecular complexity index is 856. The number of carbonyl (C=O) groups excluding carboxylic acids is 1. The molecular formula is C17H19N3O3S2. The zero-order chi connectivity index (χ0) is 18.3. The number of nitrogens with one attached hydrogen (secondary N) is 1. The average molecular weight is 377 g/mol. The van der Waals surface area contributed by atoms with Crippen molar-refractivity contribution in [1.82, 2.24) is 9.62 Å². The minimum Gasteiger partial charge on any atom is -0.352 e. The highest BCUT2D eigenvalue weighted by molar-refractivity contribution is 7.91. The Hall–Kier alpha value is -2.21. The zero-order valence-electron chi connectivity index (χ0n) is 13.8. The molecule has 1 N–H and O–H groups in total. The highest BCUT2D eigenvalue weighted by Crippen LogP contribution is 2.19. The predicted molar refractivity (Wildman–Crippen MR) is 96.4 cm³/mol. The Balaban J connectivity index is 1.76. The number of amides is 1. The second kappa shape index (κ2) is 8.76. The fraction of sp³-hybridized carbons (Fsp3) is 0.294. The van der Waals surface area contributed by atoms with Gasteiger partial charge in [-0.05, 0) is 35.6 Å². The molecule has 25 heavy (non-hydrogen) atoms. The summed E-state index contributed by atoms with van der Waals surface area (Å²) in [5.41, 5.74) is 1.40. The van der Waals surface area contributed by atoms with Crippen molar-refractivity contribution >= 4 is 27.3 Å². The highest BCUT2D eigenvalue weighted by Gasteiger charge is 2.21. The molecule has 0 aliphatic carbocycles. The maximum atomic E-state index is 12.2. The Labute approximate surface area is 151 Å². The van der Waals surface area contributed by atoms with Crippen LogP contribution in [-0.2, 0) is 21.4 Å². The first kappa shape index (κ1) is 19.1. The van der Waals surface area contributed by atoms with Crippen LogP contribution in [0.3, 0.4) is 0 Å². The lowest BCUT2D eigenvalue weighted by Gasteiger charge is -2.15. The van der Waals surface area contributed by atoms with Crippen LogP contribution >= 0.6 is 11.3 Å². The molecule has 0 saturated heterocycles. The molecule has 1 heterocycles. The van der Waals surface area contributed by atoms with Gasteiger partial charge >= 0.3 is 0 Å². The molecule has 0 radical (unpaired) electrons. The second-order valence-corrected chi connectivity index (χ2v) is 8.67. The summed E-state index contributed by atoms with van der Waals surface area (Å²) < 4.78 is 26.1. The molecule has 1 aromatic carbocycles. The molecule has 6 nitrogen and oxygen atoms in total. The lowest BCUT2D eigenvalue weighted by atomic mass is 10.1. The van der Waals surface area contributed by atoms with Gasteiger partial charge in [-0.15, -0.1) is 11.3 Å². The molecule has 0 spiro atoms. The smallest absolute Gasteiger partial charge is 0.252 e. The fourth-order valence-corrected chi connectivity index (χ4v) is 4.60. The number of nitrogens with zero attached hydrogens (tertiary/aromatic N) is 2. The van der Waals surface area contributed by atoms with Crippen LogP contribution in [0.5, 0.6) is 0 Å². The summed E-state index contributed by atoms with van der Waals surface area (Å²) in [6.07, 6.45) is 0.674. The highest BCUT2D eigenvalue weighted by atomic mass is 32.2. The summed E-state index contributed by atoms with van der Waals surface area (Å²) in [6, 6.07) is 12.3. The van der Waals surface area contributed by atoms with Gasteiger partial charge in [-0.1, -0.05) is 18.2 Å². The topological polar surface area (TPSA) is 90.3 Å². The SMILES string of the molecule is CN(CCCC(=O)NCc1cccc(C#N)c1)S(=O)(=O)c1cccs1. The molecule has 0 atom stereocenters. The van der Waals surface area contributed by atoms with E-state index in [2.05, 4.69) is 11.4 Å². The Morgan fingerprint density at radius 1 is 1.32 bits per heavy atom. The minimum absolute atomic E-state index is 0.149. The van der Waals surface area contributed by atoms with Crippen molar-refractivity contribution in [3.63, 3.8) is 0 Å². The van der Waals surface area contributed by atoms with Crippen molar-refractivity contribution in [2.24, 2.45) is 0 Å². The van der Waals surface area contributed by atoms with Crippen LogP contribution in [0, 0.1) is 11.3 Å². The van der Waals surface area contributed by atoms with Crippen LogP contribution in [0.15, 0.2) is 46.0 Å². The Kier molecular flexibility index (Phi) is 6.70. The number of sulfonamides is 1. The fourth-order valence-electron chi connectivity index (χ4n) is 2.19. The van der Waals surface area contributed by atoms with Gasteiger partial charge in [-0.2, -0.15) is 5.26 Å². The Morgan fingerprint density at radius 3 is 2.80 bits per heavy atom. The van der Waals surface area contributed by atoms with Crippen LogP contribution in [0.4, 0.5) is 0 Å². The third-order valence-corrected chi connectivity index (χ3v) is 6.81. The van der Waals surface area contributed by atoms with Crippen molar-refractivity contribution < 1.29 is 13.2 Å². The average Bonchev–Trinajstić information content (AvgIpc) is 3.15. The normalized spacial score (nSPS) is 11.2. The predicted octanol–water partition coefficient (Wildman–Crippen LogP) is 2.34. The van der Waals surface area contributed by atoms with Crippen molar-refractivity contribution in [3.8, 4) is 6.07 Å². The van der Waals surface area contributed by atoms with Gasteiger partial charge in [0, 0.05) is 26.6 Å². The molecule has 2 aromatic rings. The van der Waals surface area contributed by atoms with Crippen molar-refractivity contribution in [2.45, 2.75) is 23.6 Å². The van der Waals surface area contributed by atoms with Crippen molar-refractivity contribution in [3.05, 3.63) is 52.9 Å². The van der Waals surface area contributed by atoms with Crippen LogP contribution in [0.25, 0.3) is 0 Å². The lowest BCUT2D eigenvalue weighted by molar-refractivity contribution is -0.121. The molecule has 8 heteroatoms. The molecule has 132 valence electrons. The summed E-state index contributed by atoms with van der Waals surface area (Å²) in [6.45, 7) is 0.620. The number of benzene rings is 1. The number of thiophene rings is 1. The number of hydrogen-bond acceptors (Lipinski definition) is 5. The van der Waals surface area contributed by atoms with E-state index in [9.17, 15) is 13.2 Å². The minimum atomic E-state index is -3.47. The van der Waals surface area contributed by atoms with E-state index < -0.39 is 10.0 Å². The molecule has 1 amide bonds. The van der Waals surface area contributed by atoms with Crippen LogP contribution < -0.4 is 5.32 Å². The standard InChI is InChI=1S/C17H19N3O3S2/c1-20(25(22,23)17-8-4-10-24-17)9-3-7-16(21)19-13-15-6-2-5-14(11-15)12-18/h2,4-6,8,10-11H,3,7,9,13H2,1H3,(H,19,21). The van der Waals surface area contributed by atoms with Gasteiger partial charge in [0.15, 0.2) is 0 Å². The number of rotatable bonds is 8. The first-order chi connectivity index (χ1) is 11.9. The van der Waals surface area contributed by atoms with E-state index in [1.54, 1.807) is 35.7 Å². The first-order valence-electron chi connectivity index (χ1n) is 7.69. The van der Waals surface area contributed by atoms with Crippen LogP contribution in [0.2, 0.25) is 0 Å². The Morgan fingerprint density at radius 2 is 2.12 bits per heavy atom. The molecule has 0 aliphatic rings. The van der Waals surface area contributed by atoms with E-state index in [4.69, 9.17) is 5.26 Å². The third kappa shape index (κ3) is 5.39. The molecule has 0 unspecified atom stereocenters. The van der Waals surface area contributed by atoms with Gasteiger partial charge in [0.25, 0.3) is 10.0 Å². The van der Waals surface area contributed by atoms with E-state index >= 15 is 0 Å². The summed E-state index contributed by atoms with van der Waals surface area (Å²) in [5, 5.41) is 13.3. The maximum Gasteiger partial charge on any atom is 0.252 e. The quantitative estimate of drug-likeness (QED) is 0.764. The first-order valence-corrected chi connectivity index (χ1v) is 10.0. The maximum absolute atomic E-state index is 12.2. The van der Waals surface area contributed by atoms with Gasteiger partial charge < -0.3 is 5.32 Å². The van der Waals surface area contributed by atoms with E-state index in [1.165, 1.54) is 22.7 Å². The van der Waals surface area contributed by atoms with Gasteiger partial charge in [0.1, 0.15) is 4.21 Å². The zero-order valence-corrected chi connectivity index (χ0v) is 15.4. The largest absolute Gasteiger partial charge is 0.352 e. The molecule has 2 rings (SSSR count). The van der Waals surface area contributed by atoms with E-state index in [-0.39, 0.29) is 18.9 Å². The van der Waals surface area contributed by atoms with E-state index in [0.29, 0.717) is 22.7 Å². The molecular weight excluding hydrogens is 358 g/mol. The summed E-state index contributed by atoms with van der Waals surface area (Å²) in [4.78, 5) is 11.9. The molecule has 0 saturated carbocycles. The van der Waals surface area contributed by atoms with Crippen molar-refractivity contribution in [1.29, 1.82) is 5.26 Å². The monoisotopic (exact) mass is 377 g/mol. The van der Waals surface area contributed by atoms with Crippen LogP contribution in [-0.4, -0.2) is 32.2 Å². The second-order valence-electron chi connectivity index (χ2n) is 5.45. The number of nitriles is 1. The summed E-state index contributed by atoms with van der Waals surface area (Å²) in [5.74, 6) is -0.149. The van der Waals surface area contributed by atoms with Gasteiger partial charge in [-0.25, -0.2) is 12.7 Å². The third-order valence-electron chi connectivity index (χ3n) is 3.58. The summed E-state index contributed by atoms with van der Waals surface area (Å²) in [7, 11) is -1.95. The van der Waals surface area contributed by atoms with E-state index in [1.807, 2.05) is 6.07 Å². The molecule has 0 aliphatic heterocycles. The molecule has 0 bridgehead atoms. The van der Waals surface area contributed by atoms with Crippen molar-refractivity contribution in [2.75, 3.05) is 13.6 Å². The summed E-state index contributed by atoms with van der Waals surface area (Å²) >= 11 is 1.17. The number of hydrogen-bond donors (Lipinski definition) is 1. The molecule has 1 aromatic heterocycles. The molecule has 0 fully saturated rings. The number of carbonyl (C=O) groups is 1.